The standard InChI is InChI=1S/C17H16O6/c1-19-13-8-5-9-14(20-2)16(13)23-17(18)15-10-21-11-6-3-4-7-12(11)22-15/h3-9,15H,10H2,1-2H3/t15-/m0/s1. The number of esters is 1. The zero-order chi connectivity index (χ0) is 16.2. The van der Waals surface area contributed by atoms with E-state index in [2.05, 4.69) is 0 Å². The first-order valence-electron chi connectivity index (χ1n) is 7.04. The predicted molar refractivity (Wildman–Crippen MR) is 81.5 cm³/mol. The van der Waals surface area contributed by atoms with Crippen LogP contribution in [0.1, 0.15) is 0 Å². The van der Waals surface area contributed by atoms with Gasteiger partial charge < -0.3 is 23.7 Å². The van der Waals surface area contributed by atoms with E-state index >= 15 is 0 Å². The minimum Gasteiger partial charge on any atom is -0.493 e. The fourth-order valence-electron chi connectivity index (χ4n) is 2.22. The summed E-state index contributed by atoms with van der Waals surface area (Å²) < 4.78 is 27.0. The van der Waals surface area contributed by atoms with Crippen molar-refractivity contribution in [3.63, 3.8) is 0 Å². The molecule has 0 amide bonds. The average molecular weight is 316 g/mol. The van der Waals surface area contributed by atoms with E-state index < -0.39 is 12.1 Å². The Labute approximate surface area is 133 Å². The molecule has 0 N–H and O–H groups in total. The topological polar surface area (TPSA) is 63.2 Å². The molecule has 2 aromatic carbocycles. The van der Waals surface area contributed by atoms with Crippen LogP contribution in [0.25, 0.3) is 0 Å². The Balaban J connectivity index is 1.78. The molecule has 23 heavy (non-hydrogen) atoms. The van der Waals surface area contributed by atoms with E-state index in [1.54, 1.807) is 36.4 Å². The Bertz CT molecular complexity index is 690. The van der Waals surface area contributed by atoms with Gasteiger partial charge in [0.15, 0.2) is 23.0 Å². The maximum atomic E-state index is 12.4. The van der Waals surface area contributed by atoms with Crippen molar-refractivity contribution in [3.8, 4) is 28.7 Å². The second-order valence-corrected chi connectivity index (χ2v) is 4.78. The number of benzene rings is 2. The number of rotatable bonds is 4. The Kier molecular flexibility index (Phi) is 4.23. The summed E-state index contributed by atoms with van der Waals surface area (Å²) >= 11 is 0. The first-order valence-corrected chi connectivity index (χ1v) is 7.04. The molecule has 0 aromatic heterocycles. The molecule has 3 rings (SSSR count). The summed E-state index contributed by atoms with van der Waals surface area (Å²) in [6.45, 7) is 0.0767. The van der Waals surface area contributed by atoms with E-state index in [4.69, 9.17) is 23.7 Å². The van der Waals surface area contributed by atoms with Gasteiger partial charge in [0.25, 0.3) is 0 Å². The van der Waals surface area contributed by atoms with Gasteiger partial charge in [-0.3, -0.25) is 0 Å². The Morgan fingerprint density at radius 2 is 1.65 bits per heavy atom. The Morgan fingerprint density at radius 3 is 2.30 bits per heavy atom. The highest BCUT2D eigenvalue weighted by Crippen LogP contribution is 2.37. The second kappa shape index (κ2) is 6.48. The maximum absolute atomic E-state index is 12.4. The predicted octanol–water partition coefficient (Wildman–Crippen LogP) is 2.45. The molecule has 0 saturated carbocycles. The van der Waals surface area contributed by atoms with E-state index in [1.165, 1.54) is 14.2 Å². The van der Waals surface area contributed by atoms with Gasteiger partial charge in [0, 0.05) is 0 Å². The molecule has 6 nitrogen and oxygen atoms in total. The molecule has 1 aliphatic rings. The van der Waals surface area contributed by atoms with Gasteiger partial charge in [0.1, 0.15) is 6.61 Å². The molecule has 1 aliphatic heterocycles. The summed E-state index contributed by atoms with van der Waals surface area (Å²) in [6, 6.07) is 12.3. The average Bonchev–Trinajstić information content (AvgIpc) is 2.61. The lowest BCUT2D eigenvalue weighted by atomic mass is 10.2. The Hall–Kier alpha value is -2.89. The third kappa shape index (κ3) is 3.01. The summed E-state index contributed by atoms with van der Waals surface area (Å²) in [5.41, 5.74) is 0. The third-order valence-electron chi connectivity index (χ3n) is 3.36. The van der Waals surface area contributed by atoms with Gasteiger partial charge in [0.05, 0.1) is 14.2 Å². The highest BCUT2D eigenvalue weighted by molar-refractivity contribution is 5.80. The number of para-hydroxylation sites is 3. The van der Waals surface area contributed by atoms with Crippen molar-refractivity contribution in [2.45, 2.75) is 6.10 Å². The van der Waals surface area contributed by atoms with Crippen molar-refractivity contribution in [2.24, 2.45) is 0 Å². The smallest absolute Gasteiger partial charge is 0.356 e. The van der Waals surface area contributed by atoms with Crippen LogP contribution < -0.4 is 23.7 Å². The molecular formula is C17H16O6. The maximum Gasteiger partial charge on any atom is 0.356 e. The van der Waals surface area contributed by atoms with Gasteiger partial charge in [0.2, 0.25) is 11.9 Å². The first-order chi connectivity index (χ1) is 11.2. The normalized spacial score (nSPS) is 15.7. The lowest BCUT2D eigenvalue weighted by Crippen LogP contribution is -2.39. The summed E-state index contributed by atoms with van der Waals surface area (Å²) in [4.78, 5) is 12.4. The zero-order valence-electron chi connectivity index (χ0n) is 12.8. The highest BCUT2D eigenvalue weighted by atomic mass is 16.6. The number of fused-ring (bicyclic) bond motifs is 1. The van der Waals surface area contributed by atoms with Crippen LogP contribution in [0.3, 0.4) is 0 Å². The zero-order valence-corrected chi connectivity index (χ0v) is 12.8. The van der Waals surface area contributed by atoms with Crippen LogP contribution in [0.15, 0.2) is 42.5 Å². The fourth-order valence-corrected chi connectivity index (χ4v) is 2.22. The summed E-state index contributed by atoms with van der Waals surface area (Å²) in [5.74, 6) is 1.54. The first kappa shape index (κ1) is 15.0. The van der Waals surface area contributed by atoms with Crippen molar-refractivity contribution in [3.05, 3.63) is 42.5 Å². The van der Waals surface area contributed by atoms with Crippen molar-refractivity contribution < 1.29 is 28.5 Å². The fraction of sp³-hybridized carbons (Fsp3) is 0.235. The van der Waals surface area contributed by atoms with E-state index in [0.717, 1.165) is 0 Å². The van der Waals surface area contributed by atoms with Crippen LogP contribution in [0.4, 0.5) is 0 Å². The molecule has 1 atom stereocenters. The molecule has 0 aliphatic carbocycles. The highest BCUT2D eigenvalue weighted by Gasteiger charge is 2.30. The molecule has 2 aromatic rings. The quantitative estimate of drug-likeness (QED) is 0.638. The lowest BCUT2D eigenvalue weighted by molar-refractivity contribution is -0.144. The molecule has 1 heterocycles. The van der Waals surface area contributed by atoms with E-state index in [0.29, 0.717) is 23.0 Å². The molecule has 0 fully saturated rings. The van der Waals surface area contributed by atoms with Crippen LogP contribution in [-0.4, -0.2) is 32.9 Å². The Morgan fingerprint density at radius 1 is 1.00 bits per heavy atom. The summed E-state index contributed by atoms with van der Waals surface area (Å²) in [5, 5.41) is 0. The molecule has 0 saturated heterocycles. The van der Waals surface area contributed by atoms with Gasteiger partial charge in [-0.05, 0) is 24.3 Å². The number of hydrogen-bond donors (Lipinski definition) is 0. The lowest BCUT2D eigenvalue weighted by Gasteiger charge is -2.25. The number of methoxy groups -OCH3 is 2. The molecule has 0 radical (unpaired) electrons. The van der Waals surface area contributed by atoms with Crippen molar-refractivity contribution >= 4 is 5.97 Å². The van der Waals surface area contributed by atoms with Crippen molar-refractivity contribution in [2.75, 3.05) is 20.8 Å². The SMILES string of the molecule is COc1cccc(OC)c1OC(=O)[C@@H]1COc2ccccc2O1. The van der Waals surface area contributed by atoms with E-state index in [9.17, 15) is 4.79 Å². The molecule has 0 bridgehead atoms. The van der Waals surface area contributed by atoms with Gasteiger partial charge >= 0.3 is 5.97 Å². The largest absolute Gasteiger partial charge is 0.493 e. The van der Waals surface area contributed by atoms with Gasteiger partial charge in [-0.25, -0.2) is 4.79 Å². The van der Waals surface area contributed by atoms with Crippen LogP contribution in [0.5, 0.6) is 28.7 Å². The van der Waals surface area contributed by atoms with Crippen LogP contribution in [0, 0.1) is 0 Å². The number of hydrogen-bond acceptors (Lipinski definition) is 6. The van der Waals surface area contributed by atoms with Gasteiger partial charge in [-0.1, -0.05) is 18.2 Å². The molecule has 6 heteroatoms. The van der Waals surface area contributed by atoms with E-state index in [-0.39, 0.29) is 12.4 Å². The summed E-state index contributed by atoms with van der Waals surface area (Å²) in [7, 11) is 2.98. The van der Waals surface area contributed by atoms with Gasteiger partial charge in [-0.15, -0.1) is 0 Å². The summed E-state index contributed by atoms with van der Waals surface area (Å²) in [6.07, 6.45) is -0.862. The van der Waals surface area contributed by atoms with Crippen molar-refractivity contribution in [1.82, 2.24) is 0 Å². The van der Waals surface area contributed by atoms with Crippen molar-refractivity contribution in [1.29, 1.82) is 0 Å². The molecule has 0 spiro atoms. The monoisotopic (exact) mass is 316 g/mol. The van der Waals surface area contributed by atoms with Crippen LogP contribution >= 0.6 is 0 Å². The second-order valence-electron chi connectivity index (χ2n) is 4.78. The number of carbonyl (C=O) groups excluding carboxylic acids is 1. The minimum atomic E-state index is -0.862. The molecular weight excluding hydrogens is 300 g/mol. The minimum absolute atomic E-state index is 0.0767. The number of ether oxygens (including phenoxy) is 5. The molecule has 0 unspecified atom stereocenters. The number of carbonyl (C=O) groups is 1. The van der Waals surface area contributed by atoms with Crippen LogP contribution in [0.2, 0.25) is 0 Å². The third-order valence-corrected chi connectivity index (χ3v) is 3.36. The van der Waals surface area contributed by atoms with Gasteiger partial charge in [-0.2, -0.15) is 0 Å². The molecule has 120 valence electrons. The van der Waals surface area contributed by atoms with Crippen LogP contribution in [-0.2, 0) is 4.79 Å². The van der Waals surface area contributed by atoms with E-state index in [1.807, 2.05) is 6.07 Å².